The number of fused-ring (bicyclic) bond motifs is 1. The molecule has 30 heavy (non-hydrogen) atoms. The molecule has 0 aromatic heterocycles. The fourth-order valence-electron chi connectivity index (χ4n) is 4.85. The van der Waals surface area contributed by atoms with Crippen molar-refractivity contribution in [3.63, 3.8) is 0 Å². The van der Waals surface area contributed by atoms with Crippen molar-refractivity contribution in [2.45, 2.75) is 55.6 Å². The van der Waals surface area contributed by atoms with Gasteiger partial charge in [-0.05, 0) is 86.9 Å². The number of benzene rings is 2. The Balaban J connectivity index is 1.27. The van der Waals surface area contributed by atoms with Crippen LogP contribution in [0, 0.1) is 5.92 Å². The molecule has 1 atom stereocenters. The zero-order valence-corrected chi connectivity index (χ0v) is 19.3. The van der Waals surface area contributed by atoms with Crippen molar-refractivity contribution in [3.8, 4) is 5.75 Å². The number of ether oxygens (including phenoxy) is 1. The molecular weight excluding hydrogens is 386 g/mol. The third kappa shape index (κ3) is 5.92. The minimum absolute atomic E-state index is 0.639. The predicted octanol–water partition coefficient (Wildman–Crippen LogP) is 6.39. The van der Waals surface area contributed by atoms with Crippen LogP contribution in [-0.4, -0.2) is 36.9 Å². The van der Waals surface area contributed by atoms with Gasteiger partial charge in [0.25, 0.3) is 0 Å². The molecule has 2 heterocycles. The molecule has 2 aliphatic heterocycles. The number of rotatable bonds is 6. The van der Waals surface area contributed by atoms with Crippen LogP contribution in [0.25, 0.3) is 0 Å². The smallest absolute Gasteiger partial charge is 0.119 e. The molecule has 0 N–H and O–H groups in total. The van der Waals surface area contributed by atoms with Crippen molar-refractivity contribution in [2.75, 3.05) is 26.7 Å². The van der Waals surface area contributed by atoms with Crippen LogP contribution < -0.4 is 4.74 Å². The van der Waals surface area contributed by atoms with Gasteiger partial charge in [-0.15, -0.1) is 11.8 Å². The van der Waals surface area contributed by atoms with Crippen molar-refractivity contribution in [3.05, 3.63) is 71.3 Å². The second kappa shape index (κ2) is 10.5. The number of hydrogen-bond donors (Lipinski definition) is 0. The summed E-state index contributed by atoms with van der Waals surface area (Å²) in [5.74, 6) is 1.83. The van der Waals surface area contributed by atoms with Gasteiger partial charge < -0.3 is 9.64 Å². The quantitative estimate of drug-likeness (QED) is 0.501. The third-order valence-corrected chi connectivity index (χ3v) is 7.74. The second-order valence-corrected chi connectivity index (χ2v) is 10.4. The largest absolute Gasteiger partial charge is 0.497 e. The SMILES string of the molecule is COc1ccc2c(c1)C/C(=C\CCN1CCC(Cc3ccccc3)CC1)C[C@@H](C)S2. The maximum absolute atomic E-state index is 5.45. The molecular formula is C27H35NOS. The molecule has 1 saturated heterocycles. The Bertz CT molecular complexity index is 839. The summed E-state index contributed by atoms with van der Waals surface area (Å²) in [6, 6.07) is 17.6. The molecule has 3 heteroatoms. The molecule has 160 valence electrons. The van der Waals surface area contributed by atoms with Gasteiger partial charge in [-0.25, -0.2) is 0 Å². The van der Waals surface area contributed by atoms with E-state index < -0.39 is 0 Å². The van der Waals surface area contributed by atoms with Crippen LogP contribution in [0.15, 0.2) is 65.1 Å². The van der Waals surface area contributed by atoms with Crippen molar-refractivity contribution in [2.24, 2.45) is 5.92 Å². The highest BCUT2D eigenvalue weighted by molar-refractivity contribution is 8.00. The molecule has 4 rings (SSSR count). The second-order valence-electron chi connectivity index (χ2n) is 8.91. The predicted molar refractivity (Wildman–Crippen MR) is 129 cm³/mol. The normalized spacial score (nSPS) is 21.9. The lowest BCUT2D eigenvalue weighted by Gasteiger charge is -2.31. The van der Waals surface area contributed by atoms with Gasteiger partial charge in [0.2, 0.25) is 0 Å². The summed E-state index contributed by atoms with van der Waals surface area (Å²) in [5, 5.41) is 0.639. The van der Waals surface area contributed by atoms with Crippen LogP contribution >= 0.6 is 11.8 Å². The van der Waals surface area contributed by atoms with E-state index >= 15 is 0 Å². The molecule has 0 saturated carbocycles. The van der Waals surface area contributed by atoms with Gasteiger partial charge in [-0.3, -0.25) is 0 Å². The molecule has 0 aliphatic carbocycles. The fraction of sp³-hybridized carbons (Fsp3) is 0.481. The van der Waals surface area contributed by atoms with Gasteiger partial charge in [0.15, 0.2) is 0 Å². The average Bonchev–Trinajstić information content (AvgIpc) is 2.92. The molecule has 0 spiro atoms. The van der Waals surface area contributed by atoms with E-state index in [0.29, 0.717) is 5.25 Å². The summed E-state index contributed by atoms with van der Waals surface area (Å²) >= 11 is 2.01. The van der Waals surface area contributed by atoms with Crippen LogP contribution in [0.2, 0.25) is 0 Å². The van der Waals surface area contributed by atoms with Gasteiger partial charge in [0, 0.05) is 16.7 Å². The van der Waals surface area contributed by atoms with E-state index in [4.69, 9.17) is 4.74 Å². The first-order chi connectivity index (χ1) is 14.7. The first-order valence-corrected chi connectivity index (χ1v) is 12.4. The highest BCUT2D eigenvalue weighted by Gasteiger charge is 2.20. The number of nitrogens with zero attached hydrogens (tertiary/aromatic N) is 1. The Labute approximate surface area is 186 Å². The van der Waals surface area contributed by atoms with Crippen LogP contribution in [0.3, 0.4) is 0 Å². The Morgan fingerprint density at radius 3 is 2.67 bits per heavy atom. The number of likely N-dealkylation sites (tertiary alicyclic amines) is 1. The minimum Gasteiger partial charge on any atom is -0.497 e. The van der Waals surface area contributed by atoms with Crippen molar-refractivity contribution in [1.82, 2.24) is 4.90 Å². The van der Waals surface area contributed by atoms with Crippen molar-refractivity contribution >= 4 is 11.8 Å². The van der Waals surface area contributed by atoms with Crippen LogP contribution in [-0.2, 0) is 12.8 Å². The van der Waals surface area contributed by atoms with Gasteiger partial charge in [0.05, 0.1) is 7.11 Å². The average molecular weight is 422 g/mol. The summed E-state index contributed by atoms with van der Waals surface area (Å²) in [6.07, 6.45) is 9.90. The molecule has 1 fully saturated rings. The van der Waals surface area contributed by atoms with Gasteiger partial charge in [0.1, 0.15) is 5.75 Å². The topological polar surface area (TPSA) is 12.5 Å². The highest BCUT2D eigenvalue weighted by atomic mass is 32.2. The number of allylic oxidation sites excluding steroid dienone is 1. The van der Waals surface area contributed by atoms with E-state index in [1.807, 2.05) is 11.8 Å². The molecule has 0 bridgehead atoms. The summed E-state index contributed by atoms with van der Waals surface area (Å²) in [4.78, 5) is 4.09. The van der Waals surface area contributed by atoms with Crippen LogP contribution in [0.4, 0.5) is 0 Å². The summed E-state index contributed by atoms with van der Waals surface area (Å²) in [5.41, 5.74) is 4.52. The number of piperidine rings is 1. The minimum atomic E-state index is 0.639. The lowest BCUT2D eigenvalue weighted by atomic mass is 9.90. The van der Waals surface area contributed by atoms with E-state index in [0.717, 1.165) is 18.1 Å². The monoisotopic (exact) mass is 421 g/mol. The first kappa shape index (κ1) is 21.5. The van der Waals surface area contributed by atoms with Gasteiger partial charge in [-0.2, -0.15) is 0 Å². The molecule has 2 aromatic rings. The number of thioether (sulfide) groups is 1. The Morgan fingerprint density at radius 2 is 1.90 bits per heavy atom. The zero-order chi connectivity index (χ0) is 20.8. The van der Waals surface area contributed by atoms with Crippen LogP contribution in [0.5, 0.6) is 5.75 Å². The summed E-state index contributed by atoms with van der Waals surface area (Å²) < 4.78 is 5.45. The van der Waals surface area contributed by atoms with E-state index in [1.54, 1.807) is 12.7 Å². The van der Waals surface area contributed by atoms with Gasteiger partial charge >= 0.3 is 0 Å². The van der Waals surface area contributed by atoms with Gasteiger partial charge in [-0.1, -0.05) is 48.9 Å². The van der Waals surface area contributed by atoms with Crippen LogP contribution in [0.1, 0.15) is 43.7 Å². The Hall–Kier alpha value is -1.71. The molecule has 2 aliphatic rings. The fourth-order valence-corrected chi connectivity index (χ4v) is 6.01. The summed E-state index contributed by atoms with van der Waals surface area (Å²) in [6.45, 7) is 6.07. The molecule has 2 nitrogen and oxygen atoms in total. The maximum Gasteiger partial charge on any atom is 0.119 e. The Morgan fingerprint density at radius 1 is 1.10 bits per heavy atom. The number of hydrogen-bond acceptors (Lipinski definition) is 3. The first-order valence-electron chi connectivity index (χ1n) is 11.5. The van der Waals surface area contributed by atoms with E-state index in [2.05, 4.69) is 66.4 Å². The lowest BCUT2D eigenvalue weighted by molar-refractivity contribution is 0.187. The highest BCUT2D eigenvalue weighted by Crippen LogP contribution is 2.37. The standard InChI is InChI=1S/C27H35NOS/c1-21-17-24(19-25-20-26(29-2)10-11-27(25)30-21)9-6-14-28-15-12-23(13-16-28)18-22-7-4-3-5-8-22/h3-5,7-11,20-21,23H,6,12-19H2,1-2H3/b24-9-/t21-/m1/s1. The van der Waals surface area contributed by atoms with Crippen molar-refractivity contribution in [1.29, 1.82) is 0 Å². The summed E-state index contributed by atoms with van der Waals surface area (Å²) in [7, 11) is 1.76. The number of methoxy groups -OCH3 is 1. The zero-order valence-electron chi connectivity index (χ0n) is 18.5. The molecule has 2 aromatic carbocycles. The third-order valence-electron chi connectivity index (χ3n) is 6.52. The van der Waals surface area contributed by atoms with E-state index in [-0.39, 0.29) is 0 Å². The van der Waals surface area contributed by atoms with E-state index in [9.17, 15) is 0 Å². The molecule has 0 unspecified atom stereocenters. The maximum atomic E-state index is 5.45. The van der Waals surface area contributed by atoms with E-state index in [1.165, 1.54) is 67.8 Å². The van der Waals surface area contributed by atoms with Crippen molar-refractivity contribution < 1.29 is 4.74 Å². The lowest BCUT2D eigenvalue weighted by Crippen LogP contribution is -2.34. The molecule has 0 amide bonds. The molecule has 0 radical (unpaired) electrons. The Kier molecular flexibility index (Phi) is 7.57.